The molecule has 2 aromatic carbocycles. The molecule has 0 spiro atoms. The number of hydrogen-bond donors (Lipinski definition) is 1. The van der Waals surface area contributed by atoms with E-state index >= 15 is 0 Å². The van der Waals surface area contributed by atoms with Crippen molar-refractivity contribution in [2.75, 3.05) is 0 Å². The monoisotopic (exact) mass is 596 g/mol. The molecule has 41 heavy (non-hydrogen) atoms. The van der Waals surface area contributed by atoms with Gasteiger partial charge in [0.05, 0.1) is 50.6 Å². The molecule has 0 aliphatic heterocycles. The van der Waals surface area contributed by atoms with E-state index in [0.717, 1.165) is 61.3 Å². The third-order valence-corrected chi connectivity index (χ3v) is 7.16. The first-order valence-corrected chi connectivity index (χ1v) is 13.9. The number of H-pyrrole nitrogens is 1. The summed E-state index contributed by atoms with van der Waals surface area (Å²) < 4.78 is 18.2. The lowest BCUT2D eigenvalue weighted by atomic mass is 10.0. The molecule has 0 bridgehead atoms. The van der Waals surface area contributed by atoms with E-state index in [1.54, 1.807) is 24.4 Å². The second-order valence-corrected chi connectivity index (χ2v) is 10.1. The average molecular weight is 597 g/mol. The minimum atomic E-state index is -0.581. The summed E-state index contributed by atoms with van der Waals surface area (Å²) in [7, 11) is 0. The Labute approximate surface area is 246 Å². The number of nitrogens with zero attached hydrogens (tertiary/aromatic N) is 3. The van der Waals surface area contributed by atoms with Crippen LogP contribution in [0, 0.1) is 5.82 Å². The second kappa shape index (κ2) is 14.6. The van der Waals surface area contributed by atoms with Crippen molar-refractivity contribution in [3.63, 3.8) is 0 Å². The Morgan fingerprint density at radius 2 is 1.39 bits per heavy atom. The van der Waals surface area contributed by atoms with E-state index in [9.17, 15) is 18.8 Å². The van der Waals surface area contributed by atoms with E-state index in [0.29, 0.717) is 34.8 Å². The van der Waals surface area contributed by atoms with Gasteiger partial charge in [-0.2, -0.15) is 0 Å². The Morgan fingerprint density at radius 1 is 0.780 bits per heavy atom. The van der Waals surface area contributed by atoms with Crippen LogP contribution in [0.3, 0.4) is 0 Å². The SMILES string of the molecule is O=Cc1c(Cl)cccc1Oc1cnc2c(n1)CCCC2.O=Cc1c(F)cccc1Cl.O=c1cnc2c([nH]1)CCCC2. The molecule has 2 aromatic heterocycles. The fourth-order valence-corrected chi connectivity index (χ4v) is 4.84. The number of fused-ring (bicyclic) bond motifs is 2. The zero-order valence-corrected chi connectivity index (χ0v) is 23.6. The normalized spacial score (nSPS) is 13.2. The Balaban J connectivity index is 0.000000156. The van der Waals surface area contributed by atoms with Crippen molar-refractivity contribution in [3.05, 3.63) is 109 Å². The average Bonchev–Trinajstić information content (AvgIpc) is 2.98. The molecule has 0 saturated carbocycles. The largest absolute Gasteiger partial charge is 0.437 e. The van der Waals surface area contributed by atoms with Crippen LogP contribution < -0.4 is 10.3 Å². The fourth-order valence-electron chi connectivity index (χ4n) is 4.42. The third kappa shape index (κ3) is 8.05. The summed E-state index contributed by atoms with van der Waals surface area (Å²) in [6.07, 6.45) is 12.6. The number of rotatable bonds is 4. The molecule has 1 N–H and O–H groups in total. The summed E-state index contributed by atoms with van der Waals surface area (Å²) in [6, 6.07) is 9.18. The third-order valence-electron chi connectivity index (χ3n) is 6.50. The molecule has 2 heterocycles. The van der Waals surface area contributed by atoms with Gasteiger partial charge in [-0.05, 0) is 75.6 Å². The first-order valence-electron chi connectivity index (χ1n) is 13.1. The summed E-state index contributed by atoms with van der Waals surface area (Å²) in [5.41, 5.74) is 4.33. The van der Waals surface area contributed by atoms with Gasteiger partial charge in [0.2, 0.25) is 5.88 Å². The van der Waals surface area contributed by atoms with E-state index in [1.807, 2.05) is 0 Å². The quantitative estimate of drug-likeness (QED) is 0.265. The van der Waals surface area contributed by atoms with Crippen LogP contribution in [0.25, 0.3) is 0 Å². The maximum absolute atomic E-state index is 12.5. The van der Waals surface area contributed by atoms with Crippen molar-refractivity contribution in [1.29, 1.82) is 0 Å². The molecule has 2 aliphatic carbocycles. The Morgan fingerprint density at radius 3 is 2.07 bits per heavy atom. The molecule has 4 aromatic rings. The van der Waals surface area contributed by atoms with Crippen LogP contribution in [0.5, 0.6) is 11.6 Å². The van der Waals surface area contributed by atoms with Gasteiger partial charge in [-0.25, -0.2) is 9.37 Å². The second-order valence-electron chi connectivity index (χ2n) is 9.31. The van der Waals surface area contributed by atoms with Gasteiger partial charge in [-0.15, -0.1) is 0 Å². The number of carbonyl (C=O) groups is 2. The van der Waals surface area contributed by atoms with Crippen LogP contribution in [0.15, 0.2) is 53.6 Å². The molecule has 0 radical (unpaired) electrons. The lowest BCUT2D eigenvalue weighted by Gasteiger charge is -2.15. The molecule has 2 aliphatic rings. The number of hydrogen-bond acceptors (Lipinski definition) is 7. The maximum atomic E-state index is 12.5. The van der Waals surface area contributed by atoms with Gasteiger partial charge in [0.15, 0.2) is 12.6 Å². The minimum Gasteiger partial charge on any atom is -0.437 e. The Kier molecular flexibility index (Phi) is 10.7. The molecule has 8 nitrogen and oxygen atoms in total. The maximum Gasteiger partial charge on any atom is 0.266 e. The van der Waals surface area contributed by atoms with Crippen LogP contribution in [0.1, 0.15) is 69.2 Å². The molecular weight excluding hydrogens is 570 g/mol. The molecule has 0 atom stereocenters. The van der Waals surface area contributed by atoms with Crippen LogP contribution in [0.2, 0.25) is 10.0 Å². The number of benzene rings is 2. The lowest BCUT2D eigenvalue weighted by molar-refractivity contribution is 0.111. The van der Waals surface area contributed by atoms with E-state index in [4.69, 9.17) is 27.9 Å². The van der Waals surface area contributed by atoms with Crippen LogP contribution >= 0.6 is 23.2 Å². The predicted molar refractivity (Wildman–Crippen MR) is 154 cm³/mol. The van der Waals surface area contributed by atoms with Gasteiger partial charge in [-0.3, -0.25) is 24.4 Å². The number of nitrogens with one attached hydrogen (secondary N) is 1. The summed E-state index contributed by atoms with van der Waals surface area (Å²) in [6.45, 7) is 0. The summed E-state index contributed by atoms with van der Waals surface area (Å²) in [5, 5.41) is 0.512. The van der Waals surface area contributed by atoms with Gasteiger partial charge in [0.25, 0.3) is 5.56 Å². The predicted octanol–water partition coefficient (Wildman–Crippen LogP) is 6.55. The van der Waals surface area contributed by atoms with Gasteiger partial charge < -0.3 is 9.72 Å². The molecule has 0 amide bonds. The van der Waals surface area contributed by atoms with Crippen molar-refractivity contribution in [2.24, 2.45) is 0 Å². The van der Waals surface area contributed by atoms with Crippen molar-refractivity contribution in [3.8, 4) is 11.6 Å². The van der Waals surface area contributed by atoms with E-state index in [2.05, 4.69) is 19.9 Å². The molecule has 0 fully saturated rings. The van der Waals surface area contributed by atoms with Gasteiger partial charge in [-0.1, -0.05) is 35.3 Å². The highest BCUT2D eigenvalue weighted by Gasteiger charge is 2.15. The highest BCUT2D eigenvalue weighted by molar-refractivity contribution is 6.33. The van der Waals surface area contributed by atoms with Gasteiger partial charge >= 0.3 is 0 Å². The molecule has 0 saturated heterocycles. The number of ether oxygens (including phenoxy) is 1. The lowest BCUT2D eigenvalue weighted by Crippen LogP contribution is -2.15. The molecular formula is C30H27Cl2FN4O4. The number of aldehydes is 2. The standard InChI is InChI=1S/C15H13ClN2O2.C8H10N2O.C7H4ClFO/c16-11-4-3-7-14(10(11)9-19)20-15-8-17-12-5-1-2-6-13(12)18-15;11-8-5-9-6-3-1-2-4-7(6)10-8;8-6-2-1-3-7(9)5(6)4-10/h3-4,7-9H,1-2,5-6H2;5H,1-4H2,(H,10,11);1-4H. The van der Waals surface area contributed by atoms with Crippen molar-refractivity contribution >= 4 is 35.8 Å². The van der Waals surface area contributed by atoms with Crippen LogP contribution in [-0.4, -0.2) is 32.5 Å². The first-order chi connectivity index (χ1) is 19.9. The highest BCUT2D eigenvalue weighted by atomic mass is 35.5. The van der Waals surface area contributed by atoms with Gasteiger partial charge in [0.1, 0.15) is 11.6 Å². The van der Waals surface area contributed by atoms with E-state index < -0.39 is 5.82 Å². The van der Waals surface area contributed by atoms with Gasteiger partial charge in [0, 0.05) is 5.69 Å². The molecule has 6 rings (SSSR count). The van der Waals surface area contributed by atoms with Crippen LogP contribution in [0.4, 0.5) is 4.39 Å². The summed E-state index contributed by atoms with van der Waals surface area (Å²) >= 11 is 11.4. The van der Waals surface area contributed by atoms with Crippen LogP contribution in [-0.2, 0) is 25.7 Å². The zero-order valence-electron chi connectivity index (χ0n) is 22.0. The zero-order chi connectivity index (χ0) is 29.2. The molecule has 212 valence electrons. The Bertz CT molecular complexity index is 1580. The van der Waals surface area contributed by atoms with Crippen molar-refractivity contribution < 1.29 is 18.7 Å². The van der Waals surface area contributed by atoms with E-state index in [-0.39, 0.29) is 16.1 Å². The highest BCUT2D eigenvalue weighted by Crippen LogP contribution is 2.29. The fraction of sp³-hybridized carbons (Fsp3) is 0.267. The minimum absolute atomic E-state index is 0.0781. The summed E-state index contributed by atoms with van der Waals surface area (Å²) in [5.74, 6) is 0.219. The molecule has 0 unspecified atom stereocenters. The number of halogens is 3. The summed E-state index contributed by atoms with van der Waals surface area (Å²) in [4.78, 5) is 47.8. The number of aromatic nitrogens is 4. The topological polar surface area (TPSA) is 115 Å². The number of carbonyl (C=O) groups excluding carboxylic acids is 2. The Hall–Kier alpha value is -3.95. The molecule has 11 heteroatoms. The smallest absolute Gasteiger partial charge is 0.266 e. The van der Waals surface area contributed by atoms with Crippen molar-refractivity contribution in [2.45, 2.75) is 51.4 Å². The van der Waals surface area contributed by atoms with E-state index in [1.165, 1.54) is 37.2 Å². The van der Waals surface area contributed by atoms with Crippen molar-refractivity contribution in [1.82, 2.24) is 19.9 Å². The first kappa shape index (κ1) is 30.0. The number of aryl methyl sites for hydroxylation is 4. The number of aromatic amines is 1.